The molecule has 0 radical (unpaired) electrons. The maximum absolute atomic E-state index is 14.3. The average Bonchev–Trinajstić information content (AvgIpc) is 4.00. The molecule has 3 fully saturated rings. The Bertz CT molecular complexity index is 1750. The van der Waals surface area contributed by atoms with E-state index < -0.39 is 86.2 Å². The van der Waals surface area contributed by atoms with Crippen LogP contribution >= 0.6 is 0 Å². The summed E-state index contributed by atoms with van der Waals surface area (Å²) in [6.07, 6.45) is 6.35. The zero-order valence-electron chi connectivity index (χ0n) is 29.2. The van der Waals surface area contributed by atoms with E-state index in [1.165, 1.54) is 11.0 Å². The van der Waals surface area contributed by atoms with Crippen LogP contribution in [0.1, 0.15) is 76.0 Å². The zero-order valence-corrected chi connectivity index (χ0v) is 30.1. The summed E-state index contributed by atoms with van der Waals surface area (Å²) in [6, 6.07) is 2.92. The van der Waals surface area contributed by atoms with Crippen molar-refractivity contribution in [1.82, 2.24) is 25.6 Å². The van der Waals surface area contributed by atoms with Gasteiger partial charge in [-0.3, -0.25) is 29.2 Å². The number of hydrogen-bond donors (Lipinski definition) is 4. The monoisotopic (exact) mass is 725 g/mol. The molecule has 6 aliphatic rings. The second-order valence-electron chi connectivity index (χ2n) is 15.2. The standard InChI is InChI=1S/C36H47N5O9S/c1-5-23-18-36(23,33(45)40-51(47,48)25-13-14-25)39-30(42)28-17-24-20-41(28)31(43)29(35(2,3)4)38-34(46)49-15-8-6-7-10-21-11-9-12-22-16-27(32(44)50-24)37-19-26(21)22/h5,7,9-12,23-25,27-29,37H,1,6,8,13-20H2,2-4H3,(H,38,46)(H,39,42)(H,40,45)/b10-7+/t23-,24+,27?,28-,29+,36+/m0/s1. The van der Waals surface area contributed by atoms with Gasteiger partial charge >= 0.3 is 12.1 Å². The van der Waals surface area contributed by atoms with Crippen molar-refractivity contribution in [3.05, 3.63) is 53.6 Å². The number of rotatable bonds is 6. The van der Waals surface area contributed by atoms with E-state index in [-0.39, 0.29) is 26.0 Å². The number of benzene rings is 1. The highest BCUT2D eigenvalue weighted by Gasteiger charge is 2.62. The van der Waals surface area contributed by atoms with Gasteiger partial charge in [-0.1, -0.05) is 57.2 Å². The largest absolute Gasteiger partial charge is 0.459 e. The number of nitrogens with one attached hydrogen (secondary N) is 4. The molecule has 4 heterocycles. The Labute approximate surface area is 298 Å². The molecular weight excluding hydrogens is 678 g/mol. The fraction of sp³-hybridized carbons (Fsp3) is 0.583. The third kappa shape index (κ3) is 7.83. The molecule has 51 heavy (non-hydrogen) atoms. The molecule has 7 rings (SSSR count). The van der Waals surface area contributed by atoms with Crippen molar-refractivity contribution >= 4 is 45.9 Å². The summed E-state index contributed by atoms with van der Waals surface area (Å²) in [7, 11) is -3.91. The molecule has 6 bridgehead atoms. The van der Waals surface area contributed by atoms with Gasteiger partial charge in [0, 0.05) is 18.9 Å². The summed E-state index contributed by atoms with van der Waals surface area (Å²) < 4.78 is 38.8. The summed E-state index contributed by atoms with van der Waals surface area (Å²) in [4.78, 5) is 69.7. The van der Waals surface area contributed by atoms with Gasteiger partial charge in [0.2, 0.25) is 21.8 Å². The van der Waals surface area contributed by atoms with Crippen molar-refractivity contribution in [1.29, 1.82) is 0 Å². The van der Waals surface area contributed by atoms with E-state index in [1.54, 1.807) is 20.8 Å². The van der Waals surface area contributed by atoms with Crippen LogP contribution in [0.15, 0.2) is 36.9 Å². The number of alkyl carbamates (subject to hydrolysis) is 1. The topological polar surface area (TPSA) is 189 Å². The van der Waals surface area contributed by atoms with Crippen LogP contribution in [0.5, 0.6) is 0 Å². The summed E-state index contributed by atoms with van der Waals surface area (Å²) in [5.74, 6) is -3.25. The first-order valence-electron chi connectivity index (χ1n) is 17.6. The number of sulfonamides is 1. The molecule has 4 amide bonds. The quantitative estimate of drug-likeness (QED) is 0.249. The van der Waals surface area contributed by atoms with Crippen molar-refractivity contribution in [2.24, 2.45) is 11.3 Å². The van der Waals surface area contributed by atoms with E-state index in [4.69, 9.17) is 9.47 Å². The first kappa shape index (κ1) is 36.5. The third-order valence-electron chi connectivity index (χ3n) is 10.3. The second-order valence-corrected chi connectivity index (χ2v) is 17.2. The minimum atomic E-state index is -3.91. The Hall–Kier alpha value is -4.24. The number of amides is 4. The Morgan fingerprint density at radius 3 is 2.61 bits per heavy atom. The van der Waals surface area contributed by atoms with Crippen molar-refractivity contribution < 1.29 is 41.9 Å². The first-order valence-corrected chi connectivity index (χ1v) is 19.1. The maximum atomic E-state index is 14.3. The van der Waals surface area contributed by atoms with E-state index in [9.17, 15) is 32.4 Å². The van der Waals surface area contributed by atoms with Gasteiger partial charge in [0.05, 0.1) is 18.4 Å². The van der Waals surface area contributed by atoms with Gasteiger partial charge in [-0.15, -0.1) is 6.58 Å². The van der Waals surface area contributed by atoms with Crippen LogP contribution in [0, 0.1) is 11.3 Å². The third-order valence-corrected chi connectivity index (χ3v) is 12.2. The number of esters is 1. The lowest BCUT2D eigenvalue weighted by atomic mass is 9.85. The highest BCUT2D eigenvalue weighted by molar-refractivity contribution is 7.91. The summed E-state index contributed by atoms with van der Waals surface area (Å²) in [6.45, 7) is 9.44. The maximum Gasteiger partial charge on any atom is 0.407 e. The number of carbonyl (C=O) groups is 5. The van der Waals surface area contributed by atoms with Gasteiger partial charge in [0.25, 0.3) is 5.91 Å². The first-order chi connectivity index (χ1) is 24.1. The van der Waals surface area contributed by atoms with Crippen LogP contribution in [0.4, 0.5) is 4.79 Å². The smallest absolute Gasteiger partial charge is 0.407 e. The molecule has 2 aliphatic carbocycles. The van der Waals surface area contributed by atoms with Crippen LogP contribution in [-0.4, -0.2) is 91.3 Å². The molecule has 1 unspecified atom stereocenters. The fourth-order valence-electron chi connectivity index (χ4n) is 7.09. The summed E-state index contributed by atoms with van der Waals surface area (Å²) in [5.41, 5.74) is 0.704. The predicted octanol–water partition coefficient (Wildman–Crippen LogP) is 1.83. The van der Waals surface area contributed by atoms with Gasteiger partial charge in [-0.25, -0.2) is 13.2 Å². The normalized spacial score (nSPS) is 30.7. The number of fused-ring (bicyclic) bond motifs is 10. The molecular formula is C36H47N5O9S. The molecule has 6 atom stereocenters. The molecule has 1 aromatic rings. The molecule has 14 nitrogen and oxygen atoms in total. The van der Waals surface area contributed by atoms with Crippen molar-refractivity contribution in [2.45, 2.75) is 107 Å². The lowest BCUT2D eigenvalue weighted by molar-refractivity contribution is -0.152. The van der Waals surface area contributed by atoms with Gasteiger partial charge in [0.1, 0.15) is 29.8 Å². The number of nitrogens with zero attached hydrogens (tertiary/aromatic N) is 1. The lowest BCUT2D eigenvalue weighted by Crippen LogP contribution is -2.60. The minimum absolute atomic E-state index is 0.0836. The predicted molar refractivity (Wildman–Crippen MR) is 186 cm³/mol. The SMILES string of the molecule is C=C[C@H]1C[C@]1(NC(=O)[C@@H]1C[C@@H]2CN1C(=O)[C@H](C(C)(C)C)NC(=O)OCCC/C=C/c1cccc3c1CNC(C3)C(=O)O2)C(=O)NS(=O)(=O)C1CC1. The van der Waals surface area contributed by atoms with Crippen molar-refractivity contribution in [3.8, 4) is 0 Å². The molecule has 1 aromatic carbocycles. The van der Waals surface area contributed by atoms with Crippen LogP contribution in [0.3, 0.4) is 0 Å². The number of carbonyl (C=O) groups excluding carboxylic acids is 5. The molecule has 0 spiro atoms. The summed E-state index contributed by atoms with van der Waals surface area (Å²) in [5, 5.41) is 8.04. The van der Waals surface area contributed by atoms with E-state index in [0.717, 1.165) is 16.7 Å². The van der Waals surface area contributed by atoms with E-state index >= 15 is 0 Å². The van der Waals surface area contributed by atoms with Crippen LogP contribution in [0.25, 0.3) is 6.08 Å². The number of ether oxygens (including phenoxy) is 2. The van der Waals surface area contributed by atoms with Crippen LogP contribution in [0.2, 0.25) is 0 Å². The van der Waals surface area contributed by atoms with Gasteiger partial charge < -0.3 is 25.0 Å². The highest BCUT2D eigenvalue weighted by Crippen LogP contribution is 2.45. The van der Waals surface area contributed by atoms with E-state index in [1.807, 2.05) is 30.4 Å². The number of allylic oxidation sites excluding steroid dienone is 1. The Kier molecular flexibility index (Phi) is 10.1. The molecule has 15 heteroatoms. The second kappa shape index (κ2) is 14.1. The van der Waals surface area contributed by atoms with Gasteiger partial charge in [-0.05, 0) is 60.6 Å². The average molecular weight is 726 g/mol. The summed E-state index contributed by atoms with van der Waals surface area (Å²) >= 11 is 0. The number of hydrogen-bond acceptors (Lipinski definition) is 10. The van der Waals surface area contributed by atoms with Gasteiger partial charge in [-0.2, -0.15) is 0 Å². The zero-order chi connectivity index (χ0) is 36.7. The molecule has 4 N–H and O–H groups in total. The van der Waals surface area contributed by atoms with Crippen molar-refractivity contribution in [3.63, 3.8) is 0 Å². The Morgan fingerprint density at radius 2 is 1.92 bits per heavy atom. The molecule has 2 saturated carbocycles. The van der Waals surface area contributed by atoms with Crippen LogP contribution < -0.4 is 20.7 Å². The van der Waals surface area contributed by atoms with Crippen molar-refractivity contribution in [2.75, 3.05) is 13.2 Å². The fourth-order valence-corrected chi connectivity index (χ4v) is 8.46. The molecule has 1 saturated heterocycles. The van der Waals surface area contributed by atoms with E-state index in [0.29, 0.717) is 38.6 Å². The van der Waals surface area contributed by atoms with E-state index in [2.05, 4.69) is 27.3 Å². The minimum Gasteiger partial charge on any atom is -0.459 e. The Balaban J connectivity index is 1.27. The van der Waals surface area contributed by atoms with Crippen LogP contribution in [-0.2, 0) is 51.6 Å². The van der Waals surface area contributed by atoms with Gasteiger partial charge in [0.15, 0.2) is 0 Å². The molecule has 4 aliphatic heterocycles. The Morgan fingerprint density at radius 1 is 1.16 bits per heavy atom. The lowest BCUT2D eigenvalue weighted by Gasteiger charge is -2.35. The highest BCUT2D eigenvalue weighted by atomic mass is 32.2. The molecule has 0 aromatic heterocycles. The molecule has 276 valence electrons.